The van der Waals surface area contributed by atoms with Crippen LogP contribution in [0.25, 0.3) is 0 Å². The molecule has 0 aromatic carbocycles. The van der Waals surface area contributed by atoms with Crippen molar-refractivity contribution < 1.29 is 9.90 Å². The number of allylic oxidation sites excluding steroid dienone is 1. The zero-order chi connectivity index (χ0) is 8.10. The Bertz CT molecular complexity index is 159. The Balaban J connectivity index is 2.15. The topological polar surface area (TPSA) is 37.3 Å². The number of aliphatic carboxylic acids is 1. The third-order valence-corrected chi connectivity index (χ3v) is 2.99. The van der Waals surface area contributed by atoms with Crippen LogP contribution in [0, 0.1) is 5.92 Å². The summed E-state index contributed by atoms with van der Waals surface area (Å²) in [7, 11) is 0. The maximum absolute atomic E-state index is 10.1. The molecule has 62 valence electrons. The van der Waals surface area contributed by atoms with E-state index < -0.39 is 5.97 Å². The molecule has 2 nitrogen and oxygen atoms in total. The molecule has 3 heteroatoms. The molecule has 1 heterocycles. The minimum atomic E-state index is -0.837. The van der Waals surface area contributed by atoms with Gasteiger partial charge in [0, 0.05) is 6.08 Å². The van der Waals surface area contributed by atoms with E-state index in [0.717, 1.165) is 12.3 Å². The standard InChI is InChI=1S/C8H12O2S/c9-8(10)3-1-2-7-4-5-11-6-7/h1,3,7H,2,4-6H2,(H,9,10)/b3-1-. The molecule has 1 N–H and O–H groups in total. The van der Waals surface area contributed by atoms with Crippen LogP contribution in [0.4, 0.5) is 0 Å². The number of carbonyl (C=O) groups is 1. The average Bonchev–Trinajstić information content (AvgIpc) is 2.39. The normalized spacial score (nSPS) is 24.5. The average molecular weight is 172 g/mol. The van der Waals surface area contributed by atoms with Crippen LogP contribution in [0.2, 0.25) is 0 Å². The van der Waals surface area contributed by atoms with E-state index in [-0.39, 0.29) is 0 Å². The number of hydrogen-bond donors (Lipinski definition) is 1. The van der Waals surface area contributed by atoms with E-state index in [1.807, 2.05) is 11.8 Å². The first-order valence-electron chi connectivity index (χ1n) is 3.76. The lowest BCUT2D eigenvalue weighted by Crippen LogP contribution is -1.95. The molecule has 1 saturated heterocycles. The van der Waals surface area contributed by atoms with Gasteiger partial charge < -0.3 is 5.11 Å². The lowest BCUT2D eigenvalue weighted by atomic mass is 10.1. The molecular formula is C8H12O2S. The first kappa shape index (κ1) is 8.65. The molecule has 11 heavy (non-hydrogen) atoms. The Hall–Kier alpha value is -0.440. The second kappa shape index (κ2) is 4.44. The van der Waals surface area contributed by atoms with E-state index in [2.05, 4.69) is 0 Å². The van der Waals surface area contributed by atoms with E-state index in [4.69, 9.17) is 5.11 Å². The van der Waals surface area contributed by atoms with Gasteiger partial charge in [0.2, 0.25) is 0 Å². The molecule has 0 bridgehead atoms. The van der Waals surface area contributed by atoms with Gasteiger partial charge in [-0.3, -0.25) is 0 Å². The number of rotatable bonds is 3. The van der Waals surface area contributed by atoms with Crippen LogP contribution in [0.1, 0.15) is 12.8 Å². The van der Waals surface area contributed by atoms with Crippen LogP contribution in [-0.2, 0) is 4.79 Å². The first-order chi connectivity index (χ1) is 5.29. The van der Waals surface area contributed by atoms with Gasteiger partial charge in [-0.05, 0) is 30.3 Å². The first-order valence-corrected chi connectivity index (χ1v) is 4.91. The Morgan fingerprint density at radius 1 is 1.73 bits per heavy atom. The molecule has 0 aromatic rings. The predicted molar refractivity (Wildman–Crippen MR) is 46.8 cm³/mol. The predicted octanol–water partition coefficient (Wildman–Crippen LogP) is 1.77. The Labute approximate surface area is 70.7 Å². The highest BCUT2D eigenvalue weighted by molar-refractivity contribution is 7.99. The third kappa shape index (κ3) is 3.46. The lowest BCUT2D eigenvalue weighted by Gasteiger charge is -2.00. The summed E-state index contributed by atoms with van der Waals surface area (Å²) in [6.45, 7) is 0. The zero-order valence-electron chi connectivity index (χ0n) is 6.32. The van der Waals surface area contributed by atoms with Crippen molar-refractivity contribution in [3.63, 3.8) is 0 Å². The van der Waals surface area contributed by atoms with E-state index in [1.165, 1.54) is 24.0 Å². The summed E-state index contributed by atoms with van der Waals surface area (Å²) >= 11 is 1.96. The summed E-state index contributed by atoms with van der Waals surface area (Å²) in [5, 5.41) is 8.30. The van der Waals surface area contributed by atoms with Crippen molar-refractivity contribution in [1.29, 1.82) is 0 Å². The van der Waals surface area contributed by atoms with Crippen LogP contribution in [-0.4, -0.2) is 22.6 Å². The summed E-state index contributed by atoms with van der Waals surface area (Å²) in [4.78, 5) is 10.1. The largest absolute Gasteiger partial charge is 0.478 e. The fourth-order valence-electron chi connectivity index (χ4n) is 1.13. The SMILES string of the molecule is O=C(O)/C=C\CC1CCSC1. The highest BCUT2D eigenvalue weighted by Gasteiger charge is 2.13. The van der Waals surface area contributed by atoms with Crippen molar-refractivity contribution in [2.75, 3.05) is 11.5 Å². The molecule has 0 aromatic heterocycles. The number of carboxylic acid groups (broad SMARTS) is 1. The van der Waals surface area contributed by atoms with Gasteiger partial charge in [0.1, 0.15) is 0 Å². The van der Waals surface area contributed by atoms with E-state index in [9.17, 15) is 4.79 Å². The van der Waals surface area contributed by atoms with Crippen molar-refractivity contribution in [3.8, 4) is 0 Å². The number of carboxylic acids is 1. The van der Waals surface area contributed by atoms with Crippen molar-refractivity contribution in [3.05, 3.63) is 12.2 Å². The number of hydrogen-bond acceptors (Lipinski definition) is 2. The van der Waals surface area contributed by atoms with Gasteiger partial charge in [-0.15, -0.1) is 0 Å². The molecule has 0 spiro atoms. The highest BCUT2D eigenvalue weighted by atomic mass is 32.2. The van der Waals surface area contributed by atoms with Gasteiger partial charge in [0.25, 0.3) is 0 Å². The fraction of sp³-hybridized carbons (Fsp3) is 0.625. The van der Waals surface area contributed by atoms with Gasteiger partial charge in [0.15, 0.2) is 0 Å². The molecule has 1 rings (SSSR count). The molecule has 1 atom stereocenters. The Morgan fingerprint density at radius 3 is 3.09 bits per heavy atom. The molecule has 0 amide bonds. The van der Waals surface area contributed by atoms with Crippen molar-refractivity contribution >= 4 is 17.7 Å². The molecule has 1 aliphatic rings. The van der Waals surface area contributed by atoms with Gasteiger partial charge >= 0.3 is 5.97 Å². The van der Waals surface area contributed by atoms with Gasteiger partial charge in [-0.25, -0.2) is 4.79 Å². The van der Waals surface area contributed by atoms with E-state index >= 15 is 0 Å². The maximum atomic E-state index is 10.1. The molecule has 0 radical (unpaired) electrons. The minimum absolute atomic E-state index is 0.718. The lowest BCUT2D eigenvalue weighted by molar-refractivity contribution is -0.131. The fourth-order valence-corrected chi connectivity index (χ4v) is 2.43. The Morgan fingerprint density at radius 2 is 2.55 bits per heavy atom. The number of thioether (sulfide) groups is 1. The van der Waals surface area contributed by atoms with Crippen molar-refractivity contribution in [2.24, 2.45) is 5.92 Å². The Kier molecular flexibility index (Phi) is 3.49. The second-order valence-corrected chi connectivity index (χ2v) is 3.86. The summed E-state index contributed by atoms with van der Waals surface area (Å²) in [6, 6.07) is 0. The smallest absolute Gasteiger partial charge is 0.327 e. The van der Waals surface area contributed by atoms with Gasteiger partial charge in [-0.1, -0.05) is 6.08 Å². The molecule has 1 unspecified atom stereocenters. The summed E-state index contributed by atoms with van der Waals surface area (Å²) in [5.41, 5.74) is 0. The summed E-state index contributed by atoms with van der Waals surface area (Å²) in [5.74, 6) is 2.32. The van der Waals surface area contributed by atoms with E-state index in [0.29, 0.717) is 0 Å². The van der Waals surface area contributed by atoms with Crippen LogP contribution >= 0.6 is 11.8 Å². The second-order valence-electron chi connectivity index (χ2n) is 2.71. The van der Waals surface area contributed by atoms with Crippen molar-refractivity contribution in [1.82, 2.24) is 0 Å². The zero-order valence-corrected chi connectivity index (χ0v) is 7.14. The maximum Gasteiger partial charge on any atom is 0.327 e. The molecule has 1 aliphatic heterocycles. The van der Waals surface area contributed by atoms with Gasteiger partial charge in [0.05, 0.1) is 0 Å². The third-order valence-electron chi connectivity index (χ3n) is 1.75. The summed E-state index contributed by atoms with van der Waals surface area (Å²) < 4.78 is 0. The highest BCUT2D eigenvalue weighted by Crippen LogP contribution is 2.25. The van der Waals surface area contributed by atoms with Gasteiger partial charge in [-0.2, -0.15) is 11.8 Å². The van der Waals surface area contributed by atoms with Crippen LogP contribution in [0.5, 0.6) is 0 Å². The minimum Gasteiger partial charge on any atom is -0.478 e. The molecular weight excluding hydrogens is 160 g/mol. The molecule has 1 fully saturated rings. The van der Waals surface area contributed by atoms with Crippen LogP contribution in [0.3, 0.4) is 0 Å². The van der Waals surface area contributed by atoms with Crippen molar-refractivity contribution in [2.45, 2.75) is 12.8 Å². The van der Waals surface area contributed by atoms with E-state index in [1.54, 1.807) is 6.08 Å². The molecule has 0 aliphatic carbocycles. The van der Waals surface area contributed by atoms with Crippen LogP contribution < -0.4 is 0 Å². The summed E-state index contributed by atoms with van der Waals surface area (Å²) in [6.07, 6.45) is 5.18. The quantitative estimate of drug-likeness (QED) is 0.659. The molecule has 0 saturated carbocycles. The van der Waals surface area contributed by atoms with Crippen LogP contribution in [0.15, 0.2) is 12.2 Å². The monoisotopic (exact) mass is 172 g/mol.